The summed E-state index contributed by atoms with van der Waals surface area (Å²) >= 11 is 1.89. The lowest BCUT2D eigenvalue weighted by atomic mass is 9.83. The molecule has 130 valence electrons. The molecule has 0 bridgehead atoms. The minimum atomic E-state index is -0.953. The van der Waals surface area contributed by atoms with Crippen molar-refractivity contribution in [1.29, 1.82) is 0 Å². The number of benzene rings is 2. The predicted octanol–water partition coefficient (Wildman–Crippen LogP) is 4.67. The summed E-state index contributed by atoms with van der Waals surface area (Å²) in [4.78, 5) is 1.27. The molecule has 2 nitrogen and oxygen atoms in total. The molecule has 2 N–H and O–H groups in total. The van der Waals surface area contributed by atoms with Gasteiger partial charge >= 0.3 is 0 Å². The molecule has 0 spiro atoms. The van der Waals surface area contributed by atoms with E-state index in [1.807, 2.05) is 49.1 Å². The molecule has 0 aliphatic heterocycles. The lowest BCUT2D eigenvalue weighted by Crippen LogP contribution is -2.31. The fourth-order valence-corrected chi connectivity index (χ4v) is 3.87. The summed E-state index contributed by atoms with van der Waals surface area (Å²) in [7, 11) is 1.92. The maximum Gasteiger partial charge on any atom is 0.116 e. The number of rotatable bonds is 9. The summed E-state index contributed by atoms with van der Waals surface area (Å²) < 4.78 is 0. The second-order valence-electron chi connectivity index (χ2n) is 6.64. The van der Waals surface area contributed by atoms with Crippen LogP contribution in [0.4, 0.5) is 0 Å². The lowest BCUT2D eigenvalue weighted by Gasteiger charge is -2.29. The molecule has 2 aromatic rings. The molecule has 0 aliphatic carbocycles. The van der Waals surface area contributed by atoms with Crippen molar-refractivity contribution in [1.82, 2.24) is 5.32 Å². The van der Waals surface area contributed by atoms with Crippen LogP contribution in [0.2, 0.25) is 0 Å². The Kier molecular flexibility index (Phi) is 7.35. The van der Waals surface area contributed by atoms with Gasteiger partial charge in [-0.25, -0.2) is 0 Å². The number of nitrogens with one attached hydrogen (secondary N) is 1. The molecule has 0 aliphatic rings. The van der Waals surface area contributed by atoms with Crippen LogP contribution in [0.15, 0.2) is 59.5 Å². The Balaban J connectivity index is 2.18. The van der Waals surface area contributed by atoms with Crippen molar-refractivity contribution in [2.24, 2.45) is 5.92 Å². The molecule has 1 atom stereocenters. The van der Waals surface area contributed by atoms with Crippen molar-refractivity contribution >= 4 is 11.8 Å². The number of thioether (sulfide) groups is 1. The SMILES string of the molecule is CNCCC(O)(c1ccccc1)c1ccc(SCCC(C)C)cc1. The van der Waals surface area contributed by atoms with E-state index in [9.17, 15) is 5.11 Å². The average molecular weight is 344 g/mol. The van der Waals surface area contributed by atoms with Gasteiger partial charge in [-0.05, 0) is 61.4 Å². The van der Waals surface area contributed by atoms with Crippen molar-refractivity contribution in [2.75, 3.05) is 19.3 Å². The van der Waals surface area contributed by atoms with Gasteiger partial charge < -0.3 is 10.4 Å². The van der Waals surface area contributed by atoms with Gasteiger partial charge in [0.2, 0.25) is 0 Å². The number of aliphatic hydroxyl groups is 1. The molecular formula is C21H29NOS. The van der Waals surface area contributed by atoms with Gasteiger partial charge in [0.05, 0.1) is 0 Å². The van der Waals surface area contributed by atoms with Gasteiger partial charge in [-0.3, -0.25) is 0 Å². The molecule has 2 aromatic carbocycles. The van der Waals surface area contributed by atoms with E-state index in [2.05, 4.69) is 43.4 Å². The van der Waals surface area contributed by atoms with Gasteiger partial charge in [-0.15, -0.1) is 11.8 Å². The van der Waals surface area contributed by atoms with Crippen LogP contribution in [0.1, 0.15) is 37.8 Å². The first-order valence-electron chi connectivity index (χ1n) is 8.72. The van der Waals surface area contributed by atoms with E-state index in [-0.39, 0.29) is 0 Å². The molecule has 0 radical (unpaired) electrons. The molecule has 0 heterocycles. The Hall–Kier alpha value is -1.29. The van der Waals surface area contributed by atoms with Gasteiger partial charge in [0.1, 0.15) is 5.60 Å². The Labute approximate surface area is 150 Å². The molecule has 0 saturated heterocycles. The highest BCUT2D eigenvalue weighted by atomic mass is 32.2. The van der Waals surface area contributed by atoms with Crippen molar-refractivity contribution < 1.29 is 5.11 Å². The summed E-state index contributed by atoms with van der Waals surface area (Å²) in [6.45, 7) is 5.27. The van der Waals surface area contributed by atoms with E-state index < -0.39 is 5.60 Å². The molecule has 24 heavy (non-hydrogen) atoms. The van der Waals surface area contributed by atoms with E-state index in [1.165, 1.54) is 11.3 Å². The average Bonchev–Trinajstić information content (AvgIpc) is 2.61. The largest absolute Gasteiger partial charge is 0.380 e. The summed E-state index contributed by atoms with van der Waals surface area (Å²) in [5, 5.41) is 14.5. The van der Waals surface area contributed by atoms with Crippen molar-refractivity contribution in [3.05, 3.63) is 65.7 Å². The first-order valence-corrected chi connectivity index (χ1v) is 9.70. The molecule has 2 rings (SSSR count). The minimum Gasteiger partial charge on any atom is -0.380 e. The Morgan fingerprint density at radius 3 is 2.21 bits per heavy atom. The maximum absolute atomic E-state index is 11.4. The monoisotopic (exact) mass is 343 g/mol. The second-order valence-corrected chi connectivity index (χ2v) is 7.80. The van der Waals surface area contributed by atoms with Gasteiger partial charge in [0.15, 0.2) is 0 Å². The van der Waals surface area contributed by atoms with Crippen LogP contribution >= 0.6 is 11.8 Å². The third-order valence-corrected chi connectivity index (χ3v) is 5.33. The Morgan fingerprint density at radius 2 is 1.62 bits per heavy atom. The molecule has 0 saturated carbocycles. The van der Waals surface area contributed by atoms with Crippen LogP contribution < -0.4 is 5.32 Å². The molecular weight excluding hydrogens is 314 g/mol. The van der Waals surface area contributed by atoms with Crippen LogP contribution in [0.3, 0.4) is 0 Å². The standard InChI is InChI=1S/C21H29NOS/c1-17(2)13-16-24-20-11-9-19(10-12-20)21(23,14-15-22-3)18-7-5-4-6-8-18/h4-12,17,22-23H,13-16H2,1-3H3. The van der Waals surface area contributed by atoms with Crippen molar-refractivity contribution in [2.45, 2.75) is 37.2 Å². The van der Waals surface area contributed by atoms with E-state index in [1.54, 1.807) is 0 Å². The summed E-state index contributed by atoms with van der Waals surface area (Å²) in [5.41, 5.74) is 0.948. The normalized spacial score (nSPS) is 13.9. The quantitative estimate of drug-likeness (QED) is 0.649. The van der Waals surface area contributed by atoms with Crippen molar-refractivity contribution in [3.63, 3.8) is 0 Å². The predicted molar refractivity (Wildman–Crippen MR) is 105 cm³/mol. The zero-order valence-electron chi connectivity index (χ0n) is 15.0. The van der Waals surface area contributed by atoms with Crippen LogP contribution in [-0.2, 0) is 5.60 Å². The first-order chi connectivity index (χ1) is 11.6. The molecule has 3 heteroatoms. The lowest BCUT2D eigenvalue weighted by molar-refractivity contribution is 0.0716. The number of hydrogen-bond donors (Lipinski definition) is 2. The third-order valence-electron chi connectivity index (χ3n) is 4.28. The van der Waals surface area contributed by atoms with Crippen LogP contribution in [-0.4, -0.2) is 24.5 Å². The molecule has 1 unspecified atom stereocenters. The highest BCUT2D eigenvalue weighted by molar-refractivity contribution is 7.99. The minimum absolute atomic E-state index is 0.646. The summed E-state index contributed by atoms with van der Waals surface area (Å²) in [6, 6.07) is 18.4. The zero-order valence-corrected chi connectivity index (χ0v) is 15.8. The third kappa shape index (κ3) is 5.10. The van der Waals surface area contributed by atoms with Gasteiger partial charge in [-0.2, -0.15) is 0 Å². The van der Waals surface area contributed by atoms with Gasteiger partial charge in [0, 0.05) is 4.90 Å². The van der Waals surface area contributed by atoms with Crippen molar-refractivity contribution in [3.8, 4) is 0 Å². The van der Waals surface area contributed by atoms with Gasteiger partial charge in [0.25, 0.3) is 0 Å². The summed E-state index contributed by atoms with van der Waals surface area (Å²) in [5.74, 6) is 1.88. The maximum atomic E-state index is 11.4. The van der Waals surface area contributed by atoms with E-state index in [4.69, 9.17) is 0 Å². The first kappa shape index (κ1) is 19.0. The fraction of sp³-hybridized carbons (Fsp3) is 0.429. The van der Waals surface area contributed by atoms with E-state index in [0.29, 0.717) is 6.42 Å². The highest BCUT2D eigenvalue weighted by Gasteiger charge is 2.30. The van der Waals surface area contributed by atoms with Crippen LogP contribution in [0.25, 0.3) is 0 Å². The molecule has 0 amide bonds. The molecule has 0 fully saturated rings. The number of hydrogen-bond acceptors (Lipinski definition) is 3. The zero-order chi connectivity index (χ0) is 17.4. The van der Waals surface area contributed by atoms with E-state index in [0.717, 1.165) is 29.3 Å². The van der Waals surface area contributed by atoms with E-state index >= 15 is 0 Å². The fourth-order valence-electron chi connectivity index (χ4n) is 2.71. The smallest absolute Gasteiger partial charge is 0.116 e. The second kappa shape index (κ2) is 9.26. The van der Waals surface area contributed by atoms with Gasteiger partial charge in [-0.1, -0.05) is 56.3 Å². The summed E-state index contributed by atoms with van der Waals surface area (Å²) in [6.07, 6.45) is 1.87. The Bertz CT molecular complexity index is 597. The topological polar surface area (TPSA) is 32.3 Å². The van der Waals surface area contributed by atoms with Crippen LogP contribution in [0.5, 0.6) is 0 Å². The Morgan fingerprint density at radius 1 is 1.00 bits per heavy atom. The molecule has 0 aromatic heterocycles. The highest BCUT2D eigenvalue weighted by Crippen LogP contribution is 2.34. The van der Waals surface area contributed by atoms with Crippen LogP contribution in [0, 0.1) is 5.92 Å².